The molecule has 2 aromatic rings. The Morgan fingerprint density at radius 2 is 1.96 bits per heavy atom. The van der Waals surface area contributed by atoms with Gasteiger partial charge in [-0.3, -0.25) is 4.90 Å². The SMILES string of the molecule is CCNC(=NCc1cccc(OC)c1)NCC(c1ccco1)N(CC)CC. The van der Waals surface area contributed by atoms with E-state index < -0.39 is 0 Å². The van der Waals surface area contributed by atoms with Gasteiger partial charge >= 0.3 is 0 Å². The van der Waals surface area contributed by atoms with E-state index >= 15 is 0 Å². The van der Waals surface area contributed by atoms with Gasteiger partial charge in [-0.1, -0.05) is 26.0 Å². The van der Waals surface area contributed by atoms with Crippen molar-refractivity contribution < 1.29 is 9.15 Å². The van der Waals surface area contributed by atoms with Crippen LogP contribution in [0.2, 0.25) is 0 Å². The summed E-state index contributed by atoms with van der Waals surface area (Å²) in [4.78, 5) is 7.09. The molecule has 6 heteroatoms. The Bertz CT molecular complexity index is 681. The van der Waals surface area contributed by atoms with Crippen LogP contribution in [0.4, 0.5) is 0 Å². The van der Waals surface area contributed by atoms with Gasteiger partial charge in [0.25, 0.3) is 0 Å². The van der Waals surface area contributed by atoms with Crippen LogP contribution < -0.4 is 15.4 Å². The lowest BCUT2D eigenvalue weighted by molar-refractivity contribution is 0.193. The average molecular weight is 373 g/mol. The highest BCUT2D eigenvalue weighted by atomic mass is 16.5. The van der Waals surface area contributed by atoms with Crippen molar-refractivity contribution in [3.05, 3.63) is 54.0 Å². The maximum atomic E-state index is 5.67. The third kappa shape index (κ3) is 6.32. The summed E-state index contributed by atoms with van der Waals surface area (Å²) < 4.78 is 11.0. The van der Waals surface area contributed by atoms with Crippen LogP contribution in [0.1, 0.15) is 38.1 Å². The quantitative estimate of drug-likeness (QED) is 0.494. The van der Waals surface area contributed by atoms with Gasteiger partial charge in [0.05, 0.1) is 26.0 Å². The molecule has 0 fully saturated rings. The Labute approximate surface area is 162 Å². The molecule has 0 aliphatic heterocycles. The van der Waals surface area contributed by atoms with E-state index in [0.29, 0.717) is 6.54 Å². The molecular weight excluding hydrogens is 340 g/mol. The standard InChI is InChI=1S/C21H32N4O2/c1-5-22-21(23-15-17-10-8-11-18(14-17)26-4)24-16-19(25(6-2)7-3)20-12-9-13-27-20/h8-14,19H,5-7,15-16H2,1-4H3,(H2,22,23,24). The first-order valence-corrected chi connectivity index (χ1v) is 9.64. The number of nitrogens with zero attached hydrogens (tertiary/aromatic N) is 2. The topological polar surface area (TPSA) is 62.0 Å². The van der Waals surface area contributed by atoms with E-state index in [1.165, 1.54) is 0 Å². The van der Waals surface area contributed by atoms with E-state index in [9.17, 15) is 0 Å². The molecule has 0 aliphatic carbocycles. The molecule has 0 spiro atoms. The minimum Gasteiger partial charge on any atom is -0.497 e. The van der Waals surface area contributed by atoms with Crippen molar-refractivity contribution in [1.29, 1.82) is 0 Å². The van der Waals surface area contributed by atoms with Crippen LogP contribution in [-0.2, 0) is 6.54 Å². The lowest BCUT2D eigenvalue weighted by atomic mass is 10.2. The van der Waals surface area contributed by atoms with Gasteiger partial charge in [-0.25, -0.2) is 4.99 Å². The molecule has 6 nitrogen and oxygen atoms in total. The summed E-state index contributed by atoms with van der Waals surface area (Å²) in [5, 5.41) is 6.78. The molecule has 2 N–H and O–H groups in total. The van der Waals surface area contributed by atoms with Gasteiger partial charge in [-0.05, 0) is 49.8 Å². The van der Waals surface area contributed by atoms with Gasteiger partial charge < -0.3 is 19.8 Å². The van der Waals surface area contributed by atoms with Crippen LogP contribution in [0.15, 0.2) is 52.1 Å². The molecule has 0 saturated carbocycles. The number of furan rings is 1. The summed E-state index contributed by atoms with van der Waals surface area (Å²) in [6, 6.07) is 12.1. The zero-order valence-electron chi connectivity index (χ0n) is 16.9. The van der Waals surface area contributed by atoms with Gasteiger partial charge in [0.15, 0.2) is 5.96 Å². The fourth-order valence-corrected chi connectivity index (χ4v) is 3.03. The molecule has 2 rings (SSSR count). The zero-order valence-corrected chi connectivity index (χ0v) is 16.9. The minimum absolute atomic E-state index is 0.163. The molecule has 0 radical (unpaired) electrons. The summed E-state index contributed by atoms with van der Waals surface area (Å²) in [6.45, 7) is 10.4. The number of nitrogens with one attached hydrogen (secondary N) is 2. The molecule has 1 aromatic carbocycles. The van der Waals surface area contributed by atoms with E-state index in [1.807, 2.05) is 30.3 Å². The number of rotatable bonds is 10. The lowest BCUT2D eigenvalue weighted by Crippen LogP contribution is -2.43. The average Bonchev–Trinajstić information content (AvgIpc) is 3.23. The van der Waals surface area contributed by atoms with Crippen molar-refractivity contribution in [3.63, 3.8) is 0 Å². The largest absolute Gasteiger partial charge is 0.497 e. The summed E-state index contributed by atoms with van der Waals surface area (Å²) in [6.07, 6.45) is 1.73. The van der Waals surface area contributed by atoms with Crippen LogP contribution in [0.5, 0.6) is 5.75 Å². The molecule has 0 bridgehead atoms. The molecule has 0 saturated heterocycles. The van der Waals surface area contributed by atoms with Gasteiger partial charge in [0.1, 0.15) is 11.5 Å². The fraction of sp³-hybridized carbons (Fsp3) is 0.476. The third-order valence-corrected chi connectivity index (χ3v) is 4.49. The second-order valence-electron chi connectivity index (χ2n) is 6.18. The molecule has 1 unspecified atom stereocenters. The Kier molecular flexibility index (Phi) is 8.71. The number of likely N-dealkylation sites (N-methyl/N-ethyl adjacent to an activating group) is 1. The lowest BCUT2D eigenvalue weighted by Gasteiger charge is -2.28. The minimum atomic E-state index is 0.163. The van der Waals surface area contributed by atoms with E-state index in [-0.39, 0.29) is 6.04 Å². The highest BCUT2D eigenvalue weighted by molar-refractivity contribution is 5.79. The van der Waals surface area contributed by atoms with E-state index in [1.54, 1.807) is 13.4 Å². The number of hydrogen-bond donors (Lipinski definition) is 2. The monoisotopic (exact) mass is 372 g/mol. The van der Waals surface area contributed by atoms with Crippen LogP contribution in [0, 0.1) is 0 Å². The van der Waals surface area contributed by atoms with Crippen molar-refractivity contribution in [1.82, 2.24) is 15.5 Å². The zero-order chi connectivity index (χ0) is 19.5. The molecule has 148 valence electrons. The van der Waals surface area contributed by atoms with Gasteiger partial charge in [0, 0.05) is 13.1 Å². The molecule has 1 atom stereocenters. The first-order valence-electron chi connectivity index (χ1n) is 9.64. The number of hydrogen-bond acceptors (Lipinski definition) is 4. The molecule has 1 heterocycles. The fourth-order valence-electron chi connectivity index (χ4n) is 3.03. The summed E-state index contributed by atoms with van der Waals surface area (Å²) >= 11 is 0. The molecule has 0 amide bonds. The smallest absolute Gasteiger partial charge is 0.191 e. The van der Waals surface area contributed by atoms with Crippen molar-refractivity contribution in [2.75, 3.05) is 33.3 Å². The van der Waals surface area contributed by atoms with Crippen LogP contribution >= 0.6 is 0 Å². The molecule has 1 aromatic heterocycles. The summed E-state index contributed by atoms with van der Waals surface area (Å²) in [7, 11) is 1.68. The highest BCUT2D eigenvalue weighted by Crippen LogP contribution is 2.20. The number of benzene rings is 1. The number of aliphatic imine (C=N–C) groups is 1. The van der Waals surface area contributed by atoms with E-state index in [0.717, 1.165) is 49.2 Å². The molecular formula is C21H32N4O2. The predicted molar refractivity (Wildman–Crippen MR) is 110 cm³/mol. The summed E-state index contributed by atoms with van der Waals surface area (Å²) in [5.74, 6) is 2.61. The second-order valence-corrected chi connectivity index (χ2v) is 6.18. The summed E-state index contributed by atoms with van der Waals surface area (Å²) in [5.41, 5.74) is 1.11. The molecule has 27 heavy (non-hydrogen) atoms. The molecule has 0 aliphatic rings. The normalized spacial score (nSPS) is 12.9. The first kappa shape index (κ1) is 20.8. The van der Waals surface area contributed by atoms with Crippen LogP contribution in [0.25, 0.3) is 0 Å². The van der Waals surface area contributed by atoms with E-state index in [2.05, 4.69) is 42.4 Å². The van der Waals surface area contributed by atoms with Gasteiger partial charge in [-0.15, -0.1) is 0 Å². The predicted octanol–water partition coefficient (Wildman–Crippen LogP) is 3.43. The van der Waals surface area contributed by atoms with Gasteiger partial charge in [-0.2, -0.15) is 0 Å². The van der Waals surface area contributed by atoms with Gasteiger partial charge in [0.2, 0.25) is 0 Å². The second kappa shape index (κ2) is 11.3. The first-order chi connectivity index (χ1) is 13.2. The number of ether oxygens (including phenoxy) is 1. The maximum Gasteiger partial charge on any atom is 0.191 e. The number of methoxy groups -OCH3 is 1. The Morgan fingerprint density at radius 3 is 2.59 bits per heavy atom. The van der Waals surface area contributed by atoms with Crippen molar-refractivity contribution in [2.45, 2.75) is 33.4 Å². The highest BCUT2D eigenvalue weighted by Gasteiger charge is 2.20. The maximum absolute atomic E-state index is 5.67. The third-order valence-electron chi connectivity index (χ3n) is 4.49. The van der Waals surface area contributed by atoms with Crippen LogP contribution in [-0.4, -0.2) is 44.1 Å². The Morgan fingerprint density at radius 1 is 1.15 bits per heavy atom. The van der Waals surface area contributed by atoms with Crippen molar-refractivity contribution in [2.24, 2.45) is 4.99 Å². The number of guanidine groups is 1. The van der Waals surface area contributed by atoms with Crippen molar-refractivity contribution in [3.8, 4) is 5.75 Å². The van der Waals surface area contributed by atoms with E-state index in [4.69, 9.17) is 14.1 Å². The Balaban J connectivity index is 2.06. The van der Waals surface area contributed by atoms with Crippen LogP contribution in [0.3, 0.4) is 0 Å². The Hall–Kier alpha value is -2.47. The van der Waals surface area contributed by atoms with Crippen molar-refractivity contribution >= 4 is 5.96 Å².